The normalized spacial score (nSPS) is 26.4. The van der Waals surface area contributed by atoms with Crippen LogP contribution in [0.2, 0.25) is 0 Å². The first-order valence-corrected chi connectivity index (χ1v) is 10.9. The Balaban J connectivity index is 2.27. The SMILES string of the molecule is C#Cc1cc(O)c(C2C=C(C)CC[C@H]2C(=C)C)c(O)c1[C@@H]1C=C(C)CC[C@H]1C(=C)C. The van der Waals surface area contributed by atoms with Crippen LogP contribution in [-0.2, 0) is 0 Å². The first-order valence-electron chi connectivity index (χ1n) is 10.9. The molecule has 2 aliphatic carbocycles. The van der Waals surface area contributed by atoms with Gasteiger partial charge in [-0.2, -0.15) is 0 Å². The monoisotopic (exact) mass is 402 g/mol. The number of phenols is 2. The summed E-state index contributed by atoms with van der Waals surface area (Å²) in [6, 6.07) is 1.66. The van der Waals surface area contributed by atoms with Gasteiger partial charge in [0.25, 0.3) is 0 Å². The zero-order valence-corrected chi connectivity index (χ0v) is 18.8. The van der Waals surface area contributed by atoms with Crippen molar-refractivity contribution < 1.29 is 10.2 Å². The molecule has 0 saturated carbocycles. The molecule has 158 valence electrons. The maximum absolute atomic E-state index is 11.6. The number of rotatable bonds is 4. The smallest absolute Gasteiger partial charge is 0.128 e. The number of hydrogen-bond acceptors (Lipinski definition) is 2. The third-order valence-electron chi connectivity index (χ3n) is 6.94. The molecular weight excluding hydrogens is 368 g/mol. The van der Waals surface area contributed by atoms with Crippen LogP contribution in [-0.4, -0.2) is 10.2 Å². The van der Waals surface area contributed by atoms with Crippen LogP contribution in [0.3, 0.4) is 0 Å². The molecule has 0 fully saturated rings. The maximum atomic E-state index is 11.6. The van der Waals surface area contributed by atoms with Crippen LogP contribution in [0.15, 0.2) is 53.7 Å². The lowest BCUT2D eigenvalue weighted by atomic mass is 9.70. The first-order chi connectivity index (χ1) is 14.1. The molecule has 0 aliphatic heterocycles. The number of allylic oxidation sites excluding steroid dienone is 6. The van der Waals surface area contributed by atoms with Crippen molar-refractivity contribution in [1.82, 2.24) is 0 Å². The van der Waals surface area contributed by atoms with Gasteiger partial charge in [0.15, 0.2) is 0 Å². The van der Waals surface area contributed by atoms with E-state index in [1.807, 2.05) is 13.8 Å². The third-order valence-corrected chi connectivity index (χ3v) is 6.94. The van der Waals surface area contributed by atoms with Gasteiger partial charge in [0, 0.05) is 28.5 Å². The van der Waals surface area contributed by atoms with Gasteiger partial charge in [0.05, 0.1) is 0 Å². The molecule has 1 aromatic carbocycles. The Labute approximate surface area is 181 Å². The van der Waals surface area contributed by atoms with Crippen molar-refractivity contribution >= 4 is 0 Å². The van der Waals surface area contributed by atoms with Crippen molar-refractivity contribution in [2.75, 3.05) is 0 Å². The Morgan fingerprint density at radius 1 is 0.933 bits per heavy atom. The molecule has 1 unspecified atom stereocenters. The molecule has 0 bridgehead atoms. The van der Waals surface area contributed by atoms with Crippen LogP contribution in [0.1, 0.15) is 81.9 Å². The number of hydrogen-bond donors (Lipinski definition) is 2. The Kier molecular flexibility index (Phi) is 6.32. The van der Waals surface area contributed by atoms with E-state index >= 15 is 0 Å². The zero-order chi connectivity index (χ0) is 22.2. The molecule has 0 amide bonds. The van der Waals surface area contributed by atoms with Crippen molar-refractivity contribution in [3.05, 3.63) is 70.4 Å². The molecule has 2 N–H and O–H groups in total. The number of terminal acetylenes is 1. The molecule has 0 radical (unpaired) electrons. The van der Waals surface area contributed by atoms with E-state index in [1.165, 1.54) is 11.1 Å². The predicted molar refractivity (Wildman–Crippen MR) is 126 cm³/mol. The van der Waals surface area contributed by atoms with E-state index < -0.39 is 0 Å². The minimum absolute atomic E-state index is 0.0430. The number of aromatic hydroxyl groups is 2. The van der Waals surface area contributed by atoms with Crippen LogP contribution in [0, 0.1) is 24.2 Å². The lowest BCUT2D eigenvalue weighted by molar-refractivity contribution is 0.394. The summed E-state index contributed by atoms with van der Waals surface area (Å²) in [4.78, 5) is 0. The highest BCUT2D eigenvalue weighted by Crippen LogP contribution is 2.52. The van der Waals surface area contributed by atoms with E-state index in [4.69, 9.17) is 6.42 Å². The first kappa shape index (κ1) is 22.0. The maximum Gasteiger partial charge on any atom is 0.128 e. The minimum Gasteiger partial charge on any atom is -0.507 e. The quantitative estimate of drug-likeness (QED) is 0.416. The standard InChI is InChI=1S/C28H34O2/c1-8-20-15-25(29)27(24-14-19(7)10-12-22(24)17(4)5)28(30)26(20)23-13-18(6)9-11-21(23)16(2)3/h1,13-15,21-24,29-30H,2,4,9-12H2,3,5-7H3/t21-,22-,23+,24?/m0/s1. The predicted octanol–water partition coefficient (Wildman–Crippen LogP) is 7.11. The molecule has 2 heteroatoms. The average molecular weight is 403 g/mol. The highest BCUT2D eigenvalue weighted by molar-refractivity contribution is 5.62. The van der Waals surface area contributed by atoms with Crippen LogP contribution < -0.4 is 0 Å². The Morgan fingerprint density at radius 3 is 1.83 bits per heavy atom. The van der Waals surface area contributed by atoms with Gasteiger partial charge >= 0.3 is 0 Å². The Hall–Kier alpha value is -2.66. The van der Waals surface area contributed by atoms with Gasteiger partial charge in [-0.1, -0.05) is 53.5 Å². The summed E-state index contributed by atoms with van der Waals surface area (Å²) in [5.41, 5.74) is 6.60. The van der Waals surface area contributed by atoms with Crippen LogP contribution in [0.25, 0.3) is 0 Å². The van der Waals surface area contributed by atoms with E-state index in [9.17, 15) is 10.2 Å². The zero-order valence-electron chi connectivity index (χ0n) is 18.8. The molecule has 0 spiro atoms. The van der Waals surface area contributed by atoms with Gasteiger partial charge in [-0.15, -0.1) is 6.42 Å². The van der Waals surface area contributed by atoms with Gasteiger partial charge in [-0.25, -0.2) is 0 Å². The van der Waals surface area contributed by atoms with E-state index in [2.05, 4.69) is 45.1 Å². The minimum atomic E-state index is -0.112. The second kappa shape index (κ2) is 8.60. The van der Waals surface area contributed by atoms with Gasteiger partial charge in [-0.05, 0) is 71.3 Å². The summed E-state index contributed by atoms with van der Waals surface area (Å²) in [5.74, 6) is 3.14. The molecule has 30 heavy (non-hydrogen) atoms. The molecule has 0 heterocycles. The summed E-state index contributed by atoms with van der Waals surface area (Å²) in [5, 5.41) is 22.5. The summed E-state index contributed by atoms with van der Waals surface area (Å²) in [7, 11) is 0. The molecule has 1 aromatic rings. The molecule has 4 atom stereocenters. The molecule has 3 rings (SSSR count). The van der Waals surface area contributed by atoms with Crippen LogP contribution in [0.5, 0.6) is 11.5 Å². The fraction of sp³-hybridized carbons (Fsp3) is 0.429. The second-order valence-electron chi connectivity index (χ2n) is 9.32. The van der Waals surface area contributed by atoms with Crippen LogP contribution >= 0.6 is 0 Å². The van der Waals surface area contributed by atoms with Crippen molar-refractivity contribution in [2.45, 2.75) is 65.2 Å². The number of benzene rings is 1. The van der Waals surface area contributed by atoms with Crippen molar-refractivity contribution in [2.24, 2.45) is 11.8 Å². The summed E-state index contributed by atoms with van der Waals surface area (Å²) in [6.45, 7) is 16.7. The Bertz CT molecular complexity index is 983. The Morgan fingerprint density at radius 2 is 1.40 bits per heavy atom. The fourth-order valence-electron chi connectivity index (χ4n) is 5.28. The lowest BCUT2D eigenvalue weighted by Gasteiger charge is -2.35. The fourth-order valence-corrected chi connectivity index (χ4v) is 5.28. The van der Waals surface area contributed by atoms with Crippen molar-refractivity contribution in [1.29, 1.82) is 0 Å². The van der Waals surface area contributed by atoms with Gasteiger partial charge in [0.1, 0.15) is 11.5 Å². The summed E-state index contributed by atoms with van der Waals surface area (Å²) in [6.07, 6.45) is 14.2. The van der Waals surface area contributed by atoms with Crippen molar-refractivity contribution in [3.8, 4) is 23.8 Å². The van der Waals surface area contributed by atoms with E-state index in [0.717, 1.165) is 42.4 Å². The van der Waals surface area contributed by atoms with Gasteiger partial charge < -0.3 is 10.2 Å². The molecule has 0 saturated heterocycles. The van der Waals surface area contributed by atoms with Crippen molar-refractivity contribution in [3.63, 3.8) is 0 Å². The highest BCUT2D eigenvalue weighted by Gasteiger charge is 2.35. The second-order valence-corrected chi connectivity index (χ2v) is 9.32. The molecule has 2 nitrogen and oxygen atoms in total. The molecule has 2 aliphatic rings. The third kappa shape index (κ3) is 3.99. The summed E-state index contributed by atoms with van der Waals surface area (Å²) >= 11 is 0. The van der Waals surface area contributed by atoms with E-state index in [-0.39, 0.29) is 35.2 Å². The largest absolute Gasteiger partial charge is 0.507 e. The van der Waals surface area contributed by atoms with E-state index in [0.29, 0.717) is 11.1 Å². The topological polar surface area (TPSA) is 40.5 Å². The highest BCUT2D eigenvalue weighted by atomic mass is 16.3. The van der Waals surface area contributed by atoms with Crippen LogP contribution in [0.4, 0.5) is 0 Å². The molecule has 0 aromatic heterocycles. The van der Waals surface area contributed by atoms with Gasteiger partial charge in [-0.3, -0.25) is 0 Å². The van der Waals surface area contributed by atoms with Gasteiger partial charge in [0.2, 0.25) is 0 Å². The number of phenolic OH excluding ortho intramolecular Hbond substituents is 2. The summed E-state index contributed by atoms with van der Waals surface area (Å²) < 4.78 is 0. The van der Waals surface area contributed by atoms with E-state index in [1.54, 1.807) is 6.07 Å². The average Bonchev–Trinajstić information content (AvgIpc) is 2.67. The molecular formula is C28H34O2. The lowest BCUT2D eigenvalue weighted by Crippen LogP contribution is -2.20.